The van der Waals surface area contributed by atoms with Crippen molar-refractivity contribution in [3.8, 4) is 5.75 Å². The molecule has 0 saturated carbocycles. The van der Waals surface area contributed by atoms with E-state index in [0.717, 1.165) is 44.6 Å². The van der Waals surface area contributed by atoms with Gasteiger partial charge in [0.05, 0.1) is 18.9 Å². The van der Waals surface area contributed by atoms with Crippen molar-refractivity contribution in [2.45, 2.75) is 19.3 Å². The molecule has 2 heterocycles. The molecule has 0 bridgehead atoms. The number of hydrogen-bond donors (Lipinski definition) is 2. The normalized spacial score (nSPS) is 18.7. The zero-order chi connectivity index (χ0) is 22.9. The summed E-state index contributed by atoms with van der Waals surface area (Å²) in [6.07, 6.45) is 5.84. The molecule has 0 unspecified atom stereocenters. The first-order valence-corrected chi connectivity index (χ1v) is 11.6. The van der Waals surface area contributed by atoms with Crippen LogP contribution in [0.2, 0.25) is 0 Å². The summed E-state index contributed by atoms with van der Waals surface area (Å²) in [5.41, 5.74) is 2.29. The highest BCUT2D eigenvalue weighted by Gasteiger charge is 2.31. The van der Waals surface area contributed by atoms with Crippen molar-refractivity contribution >= 4 is 5.91 Å². The fraction of sp³-hybridized carbons (Fsp3) is 0.385. The number of amides is 1. The molecule has 0 spiro atoms. The van der Waals surface area contributed by atoms with E-state index in [-0.39, 0.29) is 23.6 Å². The minimum atomic E-state index is -0.310. The van der Waals surface area contributed by atoms with Crippen LogP contribution in [0.15, 0.2) is 67.1 Å². The number of aromatic nitrogens is 2. The van der Waals surface area contributed by atoms with Gasteiger partial charge in [-0.3, -0.25) is 4.79 Å². The van der Waals surface area contributed by atoms with E-state index < -0.39 is 0 Å². The maximum absolute atomic E-state index is 13.5. The number of rotatable bonds is 10. The Hall–Kier alpha value is -3.19. The summed E-state index contributed by atoms with van der Waals surface area (Å²) in [6, 6.07) is 16.6. The van der Waals surface area contributed by atoms with Gasteiger partial charge < -0.3 is 19.9 Å². The average molecular weight is 451 g/mol. The van der Waals surface area contributed by atoms with Crippen LogP contribution < -0.4 is 10.1 Å². The third-order valence-corrected chi connectivity index (χ3v) is 6.07. The smallest absolute Gasteiger partial charge is 0.224 e. The first-order valence-electron chi connectivity index (χ1n) is 11.6. The van der Waals surface area contributed by atoms with Gasteiger partial charge in [0.1, 0.15) is 11.6 Å². The minimum absolute atomic E-state index is 0.0784. The van der Waals surface area contributed by atoms with E-state index in [9.17, 15) is 9.18 Å². The summed E-state index contributed by atoms with van der Waals surface area (Å²) < 4.78 is 19.4. The highest BCUT2D eigenvalue weighted by Crippen LogP contribution is 2.24. The van der Waals surface area contributed by atoms with Crippen molar-refractivity contribution in [3.63, 3.8) is 0 Å². The van der Waals surface area contributed by atoms with E-state index in [0.29, 0.717) is 18.9 Å². The number of imidazole rings is 1. The molecule has 3 aromatic rings. The molecule has 1 amide bonds. The zero-order valence-electron chi connectivity index (χ0n) is 18.8. The summed E-state index contributed by atoms with van der Waals surface area (Å²) in [4.78, 5) is 22.4. The fourth-order valence-corrected chi connectivity index (χ4v) is 4.38. The van der Waals surface area contributed by atoms with Gasteiger partial charge in [-0.25, -0.2) is 9.37 Å². The molecule has 1 aliphatic heterocycles. The van der Waals surface area contributed by atoms with E-state index >= 15 is 0 Å². The molecule has 1 aromatic heterocycles. The number of benzene rings is 2. The van der Waals surface area contributed by atoms with Gasteiger partial charge in [0.2, 0.25) is 5.91 Å². The average Bonchev–Trinajstić information content (AvgIpc) is 3.36. The van der Waals surface area contributed by atoms with Crippen molar-refractivity contribution < 1.29 is 13.9 Å². The van der Waals surface area contributed by atoms with Crippen LogP contribution in [0.1, 0.15) is 17.7 Å². The number of aromatic amines is 1. The Labute approximate surface area is 194 Å². The van der Waals surface area contributed by atoms with Crippen LogP contribution in [0.3, 0.4) is 0 Å². The number of ether oxygens (including phenoxy) is 1. The topological polar surface area (TPSA) is 70.2 Å². The predicted octanol–water partition coefficient (Wildman–Crippen LogP) is 3.47. The molecule has 1 saturated heterocycles. The molecule has 174 valence electrons. The minimum Gasteiger partial charge on any atom is -0.493 e. The van der Waals surface area contributed by atoms with E-state index in [2.05, 4.69) is 44.5 Å². The van der Waals surface area contributed by atoms with Gasteiger partial charge in [0.25, 0.3) is 0 Å². The standard InChI is InChI=1S/C26H31FN4O2/c27-23-7-4-8-25(14-23)33-18-21-13-22(26(32)29-11-9-24-15-28-19-30-24)17-31(16-21)12-10-20-5-2-1-3-6-20/h1-8,14-15,19,21-22H,9-13,16-18H2,(H,28,30)(H,29,32)/t21-,22+/m0/s1. The highest BCUT2D eigenvalue weighted by molar-refractivity contribution is 5.79. The fourth-order valence-electron chi connectivity index (χ4n) is 4.38. The number of carbonyl (C=O) groups is 1. The van der Waals surface area contributed by atoms with Crippen molar-refractivity contribution in [1.82, 2.24) is 20.2 Å². The summed E-state index contributed by atoms with van der Waals surface area (Å²) in [5, 5.41) is 3.08. The van der Waals surface area contributed by atoms with Gasteiger partial charge in [0.15, 0.2) is 0 Å². The molecule has 2 N–H and O–H groups in total. The Morgan fingerprint density at radius 2 is 2.03 bits per heavy atom. The largest absolute Gasteiger partial charge is 0.493 e. The Balaban J connectivity index is 1.34. The molecule has 1 aliphatic rings. The second-order valence-corrected chi connectivity index (χ2v) is 8.68. The molecule has 7 heteroatoms. The van der Waals surface area contributed by atoms with E-state index in [4.69, 9.17) is 4.74 Å². The van der Waals surface area contributed by atoms with Crippen molar-refractivity contribution in [3.05, 3.63) is 84.2 Å². The lowest BCUT2D eigenvalue weighted by atomic mass is 9.88. The van der Waals surface area contributed by atoms with E-state index in [1.165, 1.54) is 17.7 Å². The first kappa shape index (κ1) is 23.0. The molecule has 2 atom stereocenters. The second kappa shape index (κ2) is 11.6. The Morgan fingerprint density at radius 3 is 2.82 bits per heavy atom. The van der Waals surface area contributed by atoms with Crippen LogP contribution in [-0.4, -0.2) is 53.6 Å². The Bertz CT molecular complexity index is 997. The maximum atomic E-state index is 13.5. The molecule has 33 heavy (non-hydrogen) atoms. The lowest BCUT2D eigenvalue weighted by molar-refractivity contribution is -0.127. The molecular formula is C26H31FN4O2. The number of halogens is 1. The molecule has 1 fully saturated rings. The molecule has 0 radical (unpaired) electrons. The van der Waals surface area contributed by atoms with Crippen LogP contribution in [0.4, 0.5) is 4.39 Å². The Kier molecular flexibility index (Phi) is 8.09. The van der Waals surface area contributed by atoms with Gasteiger partial charge in [0, 0.05) is 56.5 Å². The van der Waals surface area contributed by atoms with Crippen LogP contribution in [-0.2, 0) is 17.6 Å². The number of nitrogens with one attached hydrogen (secondary N) is 2. The number of nitrogens with zero attached hydrogens (tertiary/aromatic N) is 2. The third kappa shape index (κ3) is 7.15. The van der Waals surface area contributed by atoms with Gasteiger partial charge in [-0.05, 0) is 30.5 Å². The molecule has 2 aromatic carbocycles. The molecule has 4 rings (SSSR count). The molecule has 6 nitrogen and oxygen atoms in total. The molecular weight excluding hydrogens is 419 g/mol. The summed E-state index contributed by atoms with van der Waals surface area (Å²) in [6.45, 7) is 3.52. The van der Waals surface area contributed by atoms with Crippen LogP contribution in [0, 0.1) is 17.7 Å². The lowest BCUT2D eigenvalue weighted by Crippen LogP contribution is -2.48. The summed E-state index contributed by atoms with van der Waals surface area (Å²) in [7, 11) is 0. The van der Waals surface area contributed by atoms with Crippen molar-refractivity contribution in [2.24, 2.45) is 11.8 Å². The Morgan fingerprint density at radius 1 is 1.15 bits per heavy atom. The van der Waals surface area contributed by atoms with E-state index in [1.807, 2.05) is 6.07 Å². The summed E-state index contributed by atoms with van der Waals surface area (Å²) >= 11 is 0. The number of piperidine rings is 1. The van der Waals surface area contributed by atoms with Gasteiger partial charge in [-0.15, -0.1) is 0 Å². The SMILES string of the molecule is O=C(NCCc1cnc[nH]1)[C@@H]1C[C@H](COc2cccc(F)c2)CN(CCc2ccccc2)C1. The van der Waals surface area contributed by atoms with Gasteiger partial charge >= 0.3 is 0 Å². The number of carbonyl (C=O) groups excluding carboxylic acids is 1. The van der Waals surface area contributed by atoms with Gasteiger partial charge in [-0.2, -0.15) is 0 Å². The number of hydrogen-bond acceptors (Lipinski definition) is 4. The van der Waals surface area contributed by atoms with Crippen LogP contribution >= 0.6 is 0 Å². The second-order valence-electron chi connectivity index (χ2n) is 8.68. The van der Waals surface area contributed by atoms with Gasteiger partial charge in [-0.1, -0.05) is 36.4 Å². The molecule has 0 aliphatic carbocycles. The quantitative estimate of drug-likeness (QED) is 0.496. The lowest BCUT2D eigenvalue weighted by Gasteiger charge is -2.37. The predicted molar refractivity (Wildman–Crippen MR) is 125 cm³/mol. The number of H-pyrrole nitrogens is 1. The zero-order valence-corrected chi connectivity index (χ0v) is 18.8. The van der Waals surface area contributed by atoms with Crippen molar-refractivity contribution in [2.75, 3.05) is 32.8 Å². The van der Waals surface area contributed by atoms with Crippen molar-refractivity contribution in [1.29, 1.82) is 0 Å². The van der Waals surface area contributed by atoms with E-state index in [1.54, 1.807) is 24.7 Å². The number of likely N-dealkylation sites (tertiary alicyclic amines) is 1. The first-order chi connectivity index (χ1) is 16.2. The third-order valence-electron chi connectivity index (χ3n) is 6.07. The van der Waals surface area contributed by atoms with Crippen LogP contribution in [0.25, 0.3) is 0 Å². The maximum Gasteiger partial charge on any atom is 0.224 e. The van der Waals surface area contributed by atoms with Crippen LogP contribution in [0.5, 0.6) is 5.75 Å². The summed E-state index contributed by atoms with van der Waals surface area (Å²) in [5.74, 6) is 0.389. The highest BCUT2D eigenvalue weighted by atomic mass is 19.1. The monoisotopic (exact) mass is 450 g/mol.